The summed E-state index contributed by atoms with van der Waals surface area (Å²) in [5.41, 5.74) is 2.26. The van der Waals surface area contributed by atoms with Crippen LogP contribution in [0.15, 0.2) is 35.1 Å². The summed E-state index contributed by atoms with van der Waals surface area (Å²) >= 11 is 0. The quantitative estimate of drug-likeness (QED) is 0.885. The Morgan fingerprint density at radius 3 is 2.85 bits per heavy atom. The fourth-order valence-electron chi connectivity index (χ4n) is 4.29. The van der Waals surface area contributed by atoms with E-state index in [1.807, 2.05) is 18.2 Å². The van der Waals surface area contributed by atoms with Gasteiger partial charge in [0.05, 0.1) is 6.54 Å². The van der Waals surface area contributed by atoms with Crippen LogP contribution < -0.4 is 5.32 Å². The molecule has 26 heavy (non-hydrogen) atoms. The third-order valence-electron chi connectivity index (χ3n) is 5.98. The second-order valence-corrected chi connectivity index (χ2v) is 7.78. The summed E-state index contributed by atoms with van der Waals surface area (Å²) in [5.74, 6) is 1.34. The normalized spacial score (nSPS) is 20.7. The maximum Gasteiger partial charge on any atom is 0.317 e. The molecule has 0 aliphatic heterocycles. The first-order valence-corrected chi connectivity index (χ1v) is 9.51. The van der Waals surface area contributed by atoms with Crippen LogP contribution in [0, 0.1) is 11.3 Å². The van der Waals surface area contributed by atoms with Crippen molar-refractivity contribution in [3.63, 3.8) is 0 Å². The van der Waals surface area contributed by atoms with Crippen LogP contribution in [0.3, 0.4) is 0 Å². The summed E-state index contributed by atoms with van der Waals surface area (Å²) in [6.45, 7) is 1.20. The van der Waals surface area contributed by atoms with Gasteiger partial charge in [-0.3, -0.25) is 4.98 Å². The van der Waals surface area contributed by atoms with Crippen LogP contribution in [-0.2, 0) is 6.54 Å². The number of hydrogen-bond donors (Lipinski definition) is 1. The van der Waals surface area contributed by atoms with E-state index in [9.17, 15) is 4.79 Å². The van der Waals surface area contributed by atoms with Crippen molar-refractivity contribution in [2.24, 2.45) is 11.3 Å². The number of aromatic nitrogens is 2. The van der Waals surface area contributed by atoms with Crippen LogP contribution in [-0.4, -0.2) is 34.7 Å². The molecule has 0 bridgehead atoms. The van der Waals surface area contributed by atoms with Gasteiger partial charge in [-0.15, -0.1) is 0 Å². The summed E-state index contributed by atoms with van der Waals surface area (Å²) in [6, 6.07) is 5.59. The molecule has 2 aliphatic rings. The molecule has 0 saturated heterocycles. The van der Waals surface area contributed by atoms with Gasteiger partial charge in [0.25, 0.3) is 0 Å². The highest BCUT2D eigenvalue weighted by Gasteiger charge is 2.53. The van der Waals surface area contributed by atoms with Crippen LogP contribution in [0.1, 0.15) is 44.3 Å². The predicted molar refractivity (Wildman–Crippen MR) is 98.2 cm³/mol. The number of pyridine rings is 1. The highest BCUT2D eigenvalue weighted by Crippen LogP contribution is 2.60. The molecule has 2 saturated carbocycles. The highest BCUT2D eigenvalue weighted by molar-refractivity contribution is 5.73. The van der Waals surface area contributed by atoms with Gasteiger partial charge in [-0.1, -0.05) is 24.4 Å². The Hall–Kier alpha value is -2.37. The predicted octanol–water partition coefficient (Wildman–Crippen LogP) is 3.85. The van der Waals surface area contributed by atoms with Gasteiger partial charge >= 0.3 is 6.03 Å². The van der Waals surface area contributed by atoms with Gasteiger partial charge in [-0.2, -0.15) is 0 Å². The summed E-state index contributed by atoms with van der Waals surface area (Å²) in [7, 11) is 1.78. The number of nitrogens with zero attached hydrogens (tertiary/aromatic N) is 3. The summed E-state index contributed by atoms with van der Waals surface area (Å²) in [4.78, 5) is 18.0. The van der Waals surface area contributed by atoms with E-state index in [2.05, 4.69) is 15.5 Å². The second-order valence-electron chi connectivity index (χ2n) is 7.78. The maximum absolute atomic E-state index is 12.4. The molecule has 1 N–H and O–H groups in total. The molecule has 2 heterocycles. The van der Waals surface area contributed by atoms with Gasteiger partial charge in [0.1, 0.15) is 5.69 Å². The lowest BCUT2D eigenvalue weighted by Gasteiger charge is -2.23. The third-order valence-corrected chi connectivity index (χ3v) is 5.98. The Bertz CT molecular complexity index is 752. The Kier molecular flexibility index (Phi) is 4.66. The van der Waals surface area contributed by atoms with E-state index >= 15 is 0 Å². The molecule has 0 radical (unpaired) electrons. The monoisotopic (exact) mass is 354 g/mol. The van der Waals surface area contributed by atoms with Crippen LogP contribution in [0.4, 0.5) is 4.79 Å². The van der Waals surface area contributed by atoms with Crippen molar-refractivity contribution in [1.82, 2.24) is 20.4 Å². The molecule has 1 spiro atoms. The molecular weight excluding hydrogens is 328 g/mol. The summed E-state index contributed by atoms with van der Waals surface area (Å²) in [6.07, 6.45) is 11.5. The molecule has 138 valence electrons. The summed E-state index contributed by atoms with van der Waals surface area (Å²) in [5, 5.41) is 7.17. The molecule has 4 rings (SSSR count). The first-order valence-electron chi connectivity index (χ1n) is 9.51. The van der Waals surface area contributed by atoms with Crippen LogP contribution in [0.5, 0.6) is 0 Å². The topological polar surface area (TPSA) is 71.3 Å². The van der Waals surface area contributed by atoms with E-state index in [0.29, 0.717) is 23.6 Å². The van der Waals surface area contributed by atoms with Crippen LogP contribution >= 0.6 is 0 Å². The van der Waals surface area contributed by atoms with Crippen molar-refractivity contribution in [1.29, 1.82) is 0 Å². The second kappa shape index (κ2) is 7.09. The van der Waals surface area contributed by atoms with Crippen molar-refractivity contribution >= 4 is 6.03 Å². The van der Waals surface area contributed by atoms with Gasteiger partial charge in [0.2, 0.25) is 0 Å². The first-order chi connectivity index (χ1) is 12.7. The lowest BCUT2D eigenvalue weighted by atomic mass is 9.84. The number of carbonyl (C=O) groups is 1. The van der Waals surface area contributed by atoms with Crippen molar-refractivity contribution in [3.8, 4) is 11.3 Å². The molecule has 0 unspecified atom stereocenters. The molecule has 1 atom stereocenters. The number of urea groups is 1. The SMILES string of the molecule is CN(Cc1cc(-c2ccncc2)no1)C(=O)NC[C@@H]1CC12CCCCC2. The smallest absolute Gasteiger partial charge is 0.317 e. The molecule has 2 amide bonds. The van der Waals surface area contributed by atoms with Crippen molar-refractivity contribution < 1.29 is 9.32 Å². The van der Waals surface area contributed by atoms with E-state index < -0.39 is 0 Å². The number of amides is 2. The molecule has 2 aromatic rings. The molecule has 2 fully saturated rings. The number of rotatable bonds is 5. The number of nitrogens with one attached hydrogen (secondary N) is 1. The molecule has 0 aromatic carbocycles. The summed E-state index contributed by atoms with van der Waals surface area (Å²) < 4.78 is 5.38. The first kappa shape index (κ1) is 17.1. The Balaban J connectivity index is 1.26. The van der Waals surface area contributed by atoms with E-state index in [4.69, 9.17) is 4.52 Å². The number of hydrogen-bond acceptors (Lipinski definition) is 4. The minimum Gasteiger partial charge on any atom is -0.359 e. The maximum atomic E-state index is 12.4. The zero-order valence-corrected chi connectivity index (χ0v) is 15.3. The Morgan fingerprint density at radius 1 is 1.31 bits per heavy atom. The fourth-order valence-corrected chi connectivity index (χ4v) is 4.29. The third kappa shape index (κ3) is 3.59. The average molecular weight is 354 g/mol. The Labute approximate surface area is 154 Å². The van der Waals surface area contributed by atoms with Crippen molar-refractivity contribution in [2.75, 3.05) is 13.6 Å². The highest BCUT2D eigenvalue weighted by atomic mass is 16.5. The minimum absolute atomic E-state index is 0.0512. The van der Waals surface area contributed by atoms with E-state index in [0.717, 1.165) is 17.8 Å². The van der Waals surface area contributed by atoms with E-state index in [1.54, 1.807) is 24.3 Å². The van der Waals surface area contributed by atoms with E-state index in [-0.39, 0.29) is 6.03 Å². The van der Waals surface area contributed by atoms with Crippen molar-refractivity contribution in [3.05, 3.63) is 36.4 Å². The average Bonchev–Trinajstić information content (AvgIpc) is 3.11. The lowest BCUT2D eigenvalue weighted by Crippen LogP contribution is -2.38. The minimum atomic E-state index is -0.0512. The zero-order chi connectivity index (χ0) is 18.0. The molecular formula is C20H26N4O2. The molecule has 2 aromatic heterocycles. The van der Waals surface area contributed by atoms with Gasteiger partial charge in [-0.25, -0.2) is 4.79 Å². The fraction of sp³-hybridized carbons (Fsp3) is 0.550. The molecule has 6 heteroatoms. The zero-order valence-electron chi connectivity index (χ0n) is 15.3. The molecule has 6 nitrogen and oxygen atoms in total. The van der Waals surface area contributed by atoms with Gasteiger partial charge in [0.15, 0.2) is 5.76 Å². The van der Waals surface area contributed by atoms with Gasteiger partial charge < -0.3 is 14.7 Å². The van der Waals surface area contributed by atoms with Crippen LogP contribution in [0.25, 0.3) is 11.3 Å². The van der Waals surface area contributed by atoms with Gasteiger partial charge in [0, 0.05) is 37.6 Å². The Morgan fingerprint density at radius 2 is 2.08 bits per heavy atom. The van der Waals surface area contributed by atoms with Crippen molar-refractivity contribution in [2.45, 2.75) is 45.1 Å². The largest absolute Gasteiger partial charge is 0.359 e. The van der Waals surface area contributed by atoms with E-state index in [1.165, 1.54) is 38.5 Å². The number of carbonyl (C=O) groups excluding carboxylic acids is 1. The molecule has 2 aliphatic carbocycles. The lowest BCUT2D eigenvalue weighted by molar-refractivity contribution is 0.199. The van der Waals surface area contributed by atoms with Gasteiger partial charge in [-0.05, 0) is 42.7 Å². The standard InChI is InChI=1S/C20H26N4O2/c1-24(14-17-11-18(23-26-17)15-5-9-21-10-6-15)19(25)22-13-16-12-20(16)7-3-2-4-8-20/h5-6,9-11,16H,2-4,7-8,12-14H2,1H3,(H,22,25)/t16-/m0/s1. The van der Waals surface area contributed by atoms with Crippen LogP contribution in [0.2, 0.25) is 0 Å².